The van der Waals surface area contributed by atoms with Gasteiger partial charge in [0.05, 0.1) is 5.69 Å². The third-order valence-electron chi connectivity index (χ3n) is 4.93. The summed E-state index contributed by atoms with van der Waals surface area (Å²) in [5.74, 6) is -0.248. The second-order valence-corrected chi connectivity index (χ2v) is 8.38. The van der Waals surface area contributed by atoms with Crippen molar-refractivity contribution in [1.29, 1.82) is 0 Å². The summed E-state index contributed by atoms with van der Waals surface area (Å²) in [7, 11) is 1.72. The third kappa shape index (κ3) is 4.95. The van der Waals surface area contributed by atoms with E-state index in [0.29, 0.717) is 28.8 Å². The molecule has 0 bridgehead atoms. The van der Waals surface area contributed by atoms with Crippen LogP contribution in [-0.2, 0) is 17.6 Å². The van der Waals surface area contributed by atoms with Gasteiger partial charge in [0.25, 0.3) is 5.88 Å². The van der Waals surface area contributed by atoms with Crippen LogP contribution >= 0.6 is 22.9 Å². The Morgan fingerprint density at radius 3 is 2.61 bits per heavy atom. The zero-order chi connectivity index (χ0) is 21.8. The van der Waals surface area contributed by atoms with E-state index in [1.807, 2.05) is 60.0 Å². The normalized spacial score (nSPS) is 11.9. The molecule has 158 valence electrons. The molecule has 2 aromatic heterocycles. The van der Waals surface area contributed by atoms with Crippen molar-refractivity contribution in [1.82, 2.24) is 10.1 Å². The summed E-state index contributed by atoms with van der Waals surface area (Å²) in [6.45, 7) is 0. The van der Waals surface area contributed by atoms with Crippen molar-refractivity contribution in [2.75, 3.05) is 11.9 Å². The number of carbonyl (C=O) groups is 1. The molecule has 1 atom stereocenters. The number of amides is 1. The predicted molar refractivity (Wildman–Crippen MR) is 121 cm³/mol. The first-order chi connectivity index (χ1) is 15.0. The lowest BCUT2D eigenvalue weighted by molar-refractivity contribution is -0.122. The van der Waals surface area contributed by atoms with E-state index in [9.17, 15) is 9.90 Å². The number of carbonyl (C=O) groups excluding carboxylic acids is 1. The molecule has 0 saturated heterocycles. The SMILES string of the molecule is CN(C(=O)[C@H](Cc1ccccc1)Cc1cc(O)no1)c1nc(-c2ccccc2Cl)cs1. The topological polar surface area (TPSA) is 79.5 Å². The molecule has 8 heteroatoms. The number of halogens is 1. The molecule has 0 spiro atoms. The molecule has 31 heavy (non-hydrogen) atoms. The number of benzene rings is 2. The molecule has 0 aliphatic rings. The van der Waals surface area contributed by atoms with Gasteiger partial charge in [0.2, 0.25) is 5.91 Å². The summed E-state index contributed by atoms with van der Waals surface area (Å²) in [6.07, 6.45) is 0.836. The highest BCUT2D eigenvalue weighted by Gasteiger charge is 2.27. The fraction of sp³-hybridized carbons (Fsp3) is 0.174. The highest BCUT2D eigenvalue weighted by atomic mass is 35.5. The minimum atomic E-state index is -0.410. The highest BCUT2D eigenvalue weighted by Crippen LogP contribution is 2.32. The monoisotopic (exact) mass is 453 g/mol. The van der Waals surface area contributed by atoms with E-state index in [1.54, 1.807) is 11.9 Å². The number of anilines is 1. The second-order valence-electron chi connectivity index (χ2n) is 7.13. The number of rotatable bonds is 7. The van der Waals surface area contributed by atoms with Gasteiger partial charge in [0.1, 0.15) is 5.76 Å². The number of aromatic nitrogens is 2. The lowest BCUT2D eigenvalue weighted by Gasteiger charge is -2.21. The maximum atomic E-state index is 13.4. The van der Waals surface area contributed by atoms with Crippen molar-refractivity contribution in [2.24, 2.45) is 5.92 Å². The Bertz CT molecular complexity index is 1180. The summed E-state index contributed by atoms with van der Waals surface area (Å²) in [5.41, 5.74) is 2.59. The summed E-state index contributed by atoms with van der Waals surface area (Å²) in [4.78, 5) is 19.6. The van der Waals surface area contributed by atoms with Gasteiger partial charge < -0.3 is 9.63 Å². The van der Waals surface area contributed by atoms with Gasteiger partial charge in [-0.2, -0.15) is 0 Å². The second kappa shape index (κ2) is 9.32. The van der Waals surface area contributed by atoms with Crippen molar-refractivity contribution in [3.05, 3.63) is 82.4 Å². The van der Waals surface area contributed by atoms with Gasteiger partial charge in [-0.1, -0.05) is 60.1 Å². The van der Waals surface area contributed by atoms with E-state index in [2.05, 4.69) is 10.1 Å². The molecule has 1 amide bonds. The molecule has 4 rings (SSSR count). The minimum absolute atomic E-state index is 0.0974. The van der Waals surface area contributed by atoms with Crippen molar-refractivity contribution in [3.8, 4) is 17.1 Å². The zero-order valence-corrected chi connectivity index (χ0v) is 18.3. The number of aromatic hydroxyl groups is 1. The van der Waals surface area contributed by atoms with Crippen LogP contribution in [0.15, 0.2) is 70.6 Å². The van der Waals surface area contributed by atoms with Gasteiger partial charge in [-0.25, -0.2) is 4.98 Å². The quantitative estimate of drug-likeness (QED) is 0.415. The predicted octanol–water partition coefficient (Wildman–Crippen LogP) is 5.22. The molecule has 0 saturated carbocycles. The number of nitrogens with zero attached hydrogens (tertiary/aromatic N) is 3. The fourth-order valence-corrected chi connectivity index (χ4v) is 4.39. The molecule has 0 radical (unpaired) electrons. The lowest BCUT2D eigenvalue weighted by atomic mass is 9.94. The Balaban J connectivity index is 1.57. The summed E-state index contributed by atoms with van der Waals surface area (Å²) < 4.78 is 5.14. The number of hydrogen-bond acceptors (Lipinski definition) is 6. The summed E-state index contributed by atoms with van der Waals surface area (Å²) in [5, 5.41) is 16.1. The molecule has 0 aliphatic heterocycles. The molecule has 2 aromatic carbocycles. The number of hydrogen-bond donors (Lipinski definition) is 1. The van der Waals surface area contributed by atoms with Crippen LogP contribution in [0, 0.1) is 5.92 Å². The van der Waals surface area contributed by atoms with Crippen molar-refractivity contribution >= 4 is 34.0 Å². The van der Waals surface area contributed by atoms with Gasteiger partial charge in [0, 0.05) is 41.4 Å². The molecule has 2 heterocycles. The molecule has 0 aliphatic carbocycles. The van der Waals surface area contributed by atoms with Crippen LogP contribution in [0.1, 0.15) is 11.3 Å². The first kappa shape index (κ1) is 21.1. The molecule has 1 N–H and O–H groups in total. The Morgan fingerprint density at radius 1 is 1.16 bits per heavy atom. The van der Waals surface area contributed by atoms with E-state index in [1.165, 1.54) is 17.4 Å². The first-order valence-corrected chi connectivity index (χ1v) is 10.9. The first-order valence-electron chi connectivity index (χ1n) is 9.67. The van der Waals surface area contributed by atoms with E-state index in [-0.39, 0.29) is 11.8 Å². The van der Waals surface area contributed by atoms with Gasteiger partial charge in [-0.3, -0.25) is 9.69 Å². The molecule has 0 fully saturated rings. The largest absolute Gasteiger partial charge is 0.491 e. The average Bonchev–Trinajstić information content (AvgIpc) is 3.42. The van der Waals surface area contributed by atoms with E-state index < -0.39 is 5.92 Å². The van der Waals surface area contributed by atoms with Gasteiger partial charge in [0.15, 0.2) is 5.13 Å². The standard InChI is InChI=1S/C23H20ClN3O3S/c1-27(23-25-20(14-31-23)18-9-5-6-10-19(18)24)22(29)16(11-15-7-3-2-4-8-15)12-17-13-21(28)26-30-17/h2-10,13-14,16H,11-12H2,1H3,(H,26,28)/t16-/m1/s1. The van der Waals surface area contributed by atoms with Crippen LogP contribution in [0.5, 0.6) is 5.88 Å². The number of thiazole rings is 1. The maximum absolute atomic E-state index is 13.4. The fourth-order valence-electron chi connectivity index (χ4n) is 3.37. The van der Waals surface area contributed by atoms with E-state index in [0.717, 1.165) is 16.8 Å². The van der Waals surface area contributed by atoms with E-state index >= 15 is 0 Å². The minimum Gasteiger partial charge on any atom is -0.491 e. The van der Waals surface area contributed by atoms with Crippen LogP contribution in [0.2, 0.25) is 5.02 Å². The molecular weight excluding hydrogens is 434 g/mol. The van der Waals surface area contributed by atoms with Gasteiger partial charge in [-0.15, -0.1) is 11.3 Å². The Morgan fingerprint density at radius 2 is 1.90 bits per heavy atom. The van der Waals surface area contributed by atoms with Crippen LogP contribution in [0.3, 0.4) is 0 Å². The molecular formula is C23H20ClN3O3S. The van der Waals surface area contributed by atoms with Crippen LogP contribution in [0.25, 0.3) is 11.3 Å². The summed E-state index contributed by atoms with van der Waals surface area (Å²) in [6, 6.07) is 18.7. The van der Waals surface area contributed by atoms with E-state index in [4.69, 9.17) is 16.1 Å². The van der Waals surface area contributed by atoms with Crippen molar-refractivity contribution < 1.29 is 14.4 Å². The Labute approximate surface area is 188 Å². The molecule has 6 nitrogen and oxygen atoms in total. The van der Waals surface area contributed by atoms with Crippen LogP contribution in [-0.4, -0.2) is 28.2 Å². The summed E-state index contributed by atoms with van der Waals surface area (Å²) >= 11 is 7.67. The maximum Gasteiger partial charge on any atom is 0.251 e. The molecule has 0 unspecified atom stereocenters. The zero-order valence-electron chi connectivity index (χ0n) is 16.7. The van der Waals surface area contributed by atoms with Crippen molar-refractivity contribution in [2.45, 2.75) is 12.8 Å². The van der Waals surface area contributed by atoms with Crippen molar-refractivity contribution in [3.63, 3.8) is 0 Å². The molecule has 4 aromatic rings. The van der Waals surface area contributed by atoms with Crippen LogP contribution < -0.4 is 4.90 Å². The van der Waals surface area contributed by atoms with Crippen LogP contribution in [0.4, 0.5) is 5.13 Å². The Kier molecular flexibility index (Phi) is 6.34. The smallest absolute Gasteiger partial charge is 0.251 e. The Hall–Kier alpha value is -3.16. The third-order valence-corrected chi connectivity index (χ3v) is 6.17. The highest BCUT2D eigenvalue weighted by molar-refractivity contribution is 7.14. The average molecular weight is 454 g/mol. The van der Waals surface area contributed by atoms with Gasteiger partial charge in [-0.05, 0) is 23.2 Å². The lowest BCUT2D eigenvalue weighted by Crippen LogP contribution is -2.35. The van der Waals surface area contributed by atoms with Gasteiger partial charge >= 0.3 is 0 Å².